The molecule has 1 amide bonds. The summed E-state index contributed by atoms with van der Waals surface area (Å²) in [4.78, 5) is 18.6. The first-order valence-electron chi connectivity index (χ1n) is 11.7. The van der Waals surface area contributed by atoms with Gasteiger partial charge in [-0.15, -0.1) is 0 Å². The lowest BCUT2D eigenvalue weighted by Gasteiger charge is -2.36. The maximum Gasteiger partial charge on any atom is 0.410 e. The van der Waals surface area contributed by atoms with Crippen LogP contribution < -0.4 is 4.74 Å². The van der Waals surface area contributed by atoms with E-state index >= 15 is 0 Å². The summed E-state index contributed by atoms with van der Waals surface area (Å²) in [5, 5.41) is 10.8. The van der Waals surface area contributed by atoms with Gasteiger partial charge >= 0.3 is 6.09 Å². The number of benzene rings is 2. The molecule has 0 radical (unpaired) electrons. The van der Waals surface area contributed by atoms with Crippen LogP contribution in [0.2, 0.25) is 5.02 Å². The lowest BCUT2D eigenvalue weighted by Crippen LogP contribution is -2.41. The molecule has 5 rings (SSSR count). The Bertz CT molecular complexity index is 1120. The molecule has 33 heavy (non-hydrogen) atoms. The van der Waals surface area contributed by atoms with Gasteiger partial charge in [-0.1, -0.05) is 30.2 Å². The smallest absolute Gasteiger partial charge is 0.410 e. The largest absolute Gasteiger partial charge is 0.494 e. The number of aliphatic hydroxyl groups is 1. The van der Waals surface area contributed by atoms with Gasteiger partial charge in [-0.25, -0.2) is 4.79 Å². The van der Waals surface area contributed by atoms with Gasteiger partial charge < -0.3 is 19.6 Å². The fraction of sp³-hybridized carbons (Fsp3) is 0.423. The van der Waals surface area contributed by atoms with Crippen LogP contribution >= 0.6 is 11.6 Å². The molecule has 2 aromatic carbocycles. The van der Waals surface area contributed by atoms with Gasteiger partial charge in [-0.05, 0) is 66.6 Å². The van der Waals surface area contributed by atoms with Crippen molar-refractivity contribution in [3.05, 3.63) is 64.3 Å². The highest BCUT2D eigenvalue weighted by Crippen LogP contribution is 2.40. The van der Waals surface area contributed by atoms with Crippen molar-refractivity contribution in [3.8, 4) is 5.75 Å². The number of H-pyrrole nitrogens is 1. The van der Waals surface area contributed by atoms with Crippen LogP contribution in [0.15, 0.2) is 42.5 Å². The number of hydrogen-bond donors (Lipinski definition) is 2. The molecule has 0 saturated heterocycles. The van der Waals surface area contributed by atoms with Crippen LogP contribution in [0.3, 0.4) is 0 Å². The van der Waals surface area contributed by atoms with Crippen molar-refractivity contribution in [1.82, 2.24) is 9.88 Å². The molecular weight excluding hydrogens is 440 g/mol. The van der Waals surface area contributed by atoms with Crippen LogP contribution in [0.25, 0.3) is 10.9 Å². The van der Waals surface area contributed by atoms with Crippen LogP contribution in [0.5, 0.6) is 5.75 Å². The summed E-state index contributed by atoms with van der Waals surface area (Å²) in [6.07, 6.45) is 4.57. The number of nitrogens with one attached hydrogen (secondary N) is 1. The van der Waals surface area contributed by atoms with Crippen LogP contribution in [0.1, 0.15) is 48.5 Å². The average Bonchev–Trinajstić information content (AvgIpc) is 3.16. The number of carbonyl (C=O) groups is 1. The quantitative estimate of drug-likeness (QED) is 0.451. The molecule has 1 fully saturated rings. The summed E-state index contributed by atoms with van der Waals surface area (Å²) >= 11 is 6.28. The van der Waals surface area contributed by atoms with Gasteiger partial charge in [0.05, 0.1) is 13.2 Å². The van der Waals surface area contributed by atoms with E-state index in [4.69, 9.17) is 26.2 Å². The second-order valence-corrected chi connectivity index (χ2v) is 9.36. The molecular formula is C26H29ClN2O4. The van der Waals surface area contributed by atoms with E-state index in [9.17, 15) is 4.79 Å². The molecule has 7 heteroatoms. The van der Waals surface area contributed by atoms with Crippen molar-refractivity contribution < 1.29 is 19.4 Å². The normalized spacial score (nSPS) is 18.1. The molecule has 6 nitrogen and oxygen atoms in total. The summed E-state index contributed by atoms with van der Waals surface area (Å²) < 4.78 is 11.4. The van der Waals surface area contributed by atoms with Crippen LogP contribution in [-0.2, 0) is 11.2 Å². The van der Waals surface area contributed by atoms with E-state index in [2.05, 4.69) is 4.98 Å². The minimum absolute atomic E-state index is 0.102. The third-order valence-electron chi connectivity index (χ3n) is 6.76. The second-order valence-electron chi connectivity index (χ2n) is 8.92. The van der Waals surface area contributed by atoms with Gasteiger partial charge in [0, 0.05) is 41.2 Å². The summed E-state index contributed by atoms with van der Waals surface area (Å²) in [5.74, 6) is 1.24. The highest BCUT2D eigenvalue weighted by Gasteiger charge is 2.36. The monoisotopic (exact) mass is 468 g/mol. The first kappa shape index (κ1) is 22.1. The maximum absolute atomic E-state index is 13.2. The van der Waals surface area contributed by atoms with Crippen molar-refractivity contribution in [2.75, 3.05) is 26.4 Å². The van der Waals surface area contributed by atoms with Gasteiger partial charge in [-0.3, -0.25) is 4.90 Å². The van der Waals surface area contributed by atoms with Gasteiger partial charge in [0.15, 0.2) is 0 Å². The van der Waals surface area contributed by atoms with Crippen molar-refractivity contribution in [2.24, 2.45) is 5.92 Å². The number of rotatable bonds is 7. The van der Waals surface area contributed by atoms with E-state index < -0.39 is 0 Å². The molecule has 1 aliphatic carbocycles. The third kappa shape index (κ3) is 4.55. The Kier molecular flexibility index (Phi) is 6.47. The molecule has 0 spiro atoms. The molecule has 1 unspecified atom stereocenters. The SMILES string of the molecule is O=C(OCC1CCC1)N1CCc2c([nH]c3ccc(Cl)cc23)C1c1ccc(OCCCO)cc1. The Labute approximate surface area is 198 Å². The molecule has 1 aromatic heterocycles. The van der Waals surface area contributed by atoms with E-state index in [1.807, 2.05) is 47.4 Å². The molecule has 2 heterocycles. The number of carbonyl (C=O) groups excluding carboxylic acids is 1. The van der Waals surface area contributed by atoms with Crippen molar-refractivity contribution in [2.45, 2.75) is 38.1 Å². The first-order chi connectivity index (χ1) is 16.1. The zero-order valence-electron chi connectivity index (χ0n) is 18.6. The summed E-state index contributed by atoms with van der Waals surface area (Å²) in [5.41, 5.74) is 4.21. The van der Waals surface area contributed by atoms with Crippen LogP contribution in [0.4, 0.5) is 4.79 Å². The van der Waals surface area contributed by atoms with Crippen LogP contribution in [0, 0.1) is 5.92 Å². The van der Waals surface area contributed by atoms with Crippen molar-refractivity contribution in [3.63, 3.8) is 0 Å². The topological polar surface area (TPSA) is 74.8 Å². The van der Waals surface area contributed by atoms with Crippen molar-refractivity contribution >= 4 is 28.6 Å². The molecule has 2 aliphatic rings. The number of aliphatic hydroxyl groups excluding tert-OH is 1. The number of nitrogens with zero attached hydrogens (tertiary/aromatic N) is 1. The highest BCUT2D eigenvalue weighted by atomic mass is 35.5. The molecule has 3 aromatic rings. The number of hydrogen-bond acceptors (Lipinski definition) is 4. The lowest BCUT2D eigenvalue weighted by atomic mass is 9.86. The Morgan fingerprint density at radius 1 is 1.18 bits per heavy atom. The van der Waals surface area contributed by atoms with Gasteiger partial charge in [0.25, 0.3) is 0 Å². The van der Waals surface area contributed by atoms with Gasteiger partial charge in [0.1, 0.15) is 11.8 Å². The van der Waals surface area contributed by atoms with E-state index in [0.717, 1.165) is 47.2 Å². The molecule has 174 valence electrons. The van der Waals surface area contributed by atoms with Crippen LogP contribution in [-0.4, -0.2) is 47.4 Å². The van der Waals surface area contributed by atoms with E-state index in [1.54, 1.807) is 0 Å². The summed E-state index contributed by atoms with van der Waals surface area (Å²) in [7, 11) is 0. The Morgan fingerprint density at radius 2 is 2.00 bits per heavy atom. The highest BCUT2D eigenvalue weighted by molar-refractivity contribution is 6.31. The van der Waals surface area contributed by atoms with Gasteiger partial charge in [0.2, 0.25) is 0 Å². The molecule has 0 bridgehead atoms. The molecule has 1 saturated carbocycles. The summed E-state index contributed by atoms with van der Waals surface area (Å²) in [6.45, 7) is 1.64. The Morgan fingerprint density at radius 3 is 2.73 bits per heavy atom. The predicted octanol–water partition coefficient (Wildman–Crippen LogP) is 5.47. The fourth-order valence-corrected chi connectivity index (χ4v) is 4.91. The lowest BCUT2D eigenvalue weighted by molar-refractivity contribution is 0.0620. The summed E-state index contributed by atoms with van der Waals surface area (Å²) in [6, 6.07) is 13.4. The number of ether oxygens (including phenoxy) is 2. The number of aromatic amines is 1. The van der Waals surface area contributed by atoms with E-state index in [0.29, 0.717) is 37.1 Å². The fourth-order valence-electron chi connectivity index (χ4n) is 4.74. The minimum atomic E-state index is -0.277. The average molecular weight is 469 g/mol. The third-order valence-corrected chi connectivity index (χ3v) is 6.99. The number of aromatic nitrogens is 1. The van der Waals surface area contributed by atoms with Crippen molar-refractivity contribution in [1.29, 1.82) is 0 Å². The van der Waals surface area contributed by atoms with Gasteiger partial charge in [-0.2, -0.15) is 0 Å². The molecule has 1 atom stereocenters. The van der Waals surface area contributed by atoms with E-state index in [1.165, 1.54) is 12.0 Å². The minimum Gasteiger partial charge on any atom is -0.494 e. The van der Waals surface area contributed by atoms with E-state index in [-0.39, 0.29) is 18.7 Å². The second kappa shape index (κ2) is 9.65. The first-order valence-corrected chi connectivity index (χ1v) is 12.1. The Hall–Kier alpha value is -2.70. The zero-order chi connectivity index (χ0) is 22.8. The zero-order valence-corrected chi connectivity index (χ0v) is 19.3. The standard InChI is InChI=1S/C26H29ClN2O4/c27-19-7-10-23-22(15-19)21-11-12-29(26(31)33-16-17-3-1-4-17)25(24(21)28-23)18-5-8-20(9-6-18)32-14-2-13-30/h5-10,15,17,25,28,30H,1-4,11-14,16H2. The predicted molar refractivity (Wildman–Crippen MR) is 128 cm³/mol. The maximum atomic E-state index is 13.2. The molecule has 1 aliphatic heterocycles. The number of fused-ring (bicyclic) bond motifs is 3. The Balaban J connectivity index is 1.46. The number of amides is 1. The number of halogens is 1. The molecule has 2 N–H and O–H groups in total.